The first-order valence-electron chi connectivity index (χ1n) is 7.12. The van der Waals surface area contributed by atoms with Gasteiger partial charge in [0.25, 0.3) is 5.91 Å². The summed E-state index contributed by atoms with van der Waals surface area (Å²) in [7, 11) is 1.46. The maximum absolute atomic E-state index is 12.0. The molecule has 2 aromatic carbocycles. The second kappa shape index (κ2) is 8.35. The van der Waals surface area contributed by atoms with Crippen LogP contribution in [0.3, 0.4) is 0 Å². The van der Waals surface area contributed by atoms with Gasteiger partial charge in [-0.05, 0) is 37.3 Å². The van der Waals surface area contributed by atoms with Crippen LogP contribution in [0.25, 0.3) is 0 Å². The van der Waals surface area contributed by atoms with Crippen molar-refractivity contribution in [3.63, 3.8) is 0 Å². The second-order valence-corrected chi connectivity index (χ2v) is 5.77. The fourth-order valence-electron chi connectivity index (χ4n) is 1.86. The van der Waals surface area contributed by atoms with Gasteiger partial charge in [0.2, 0.25) is 0 Å². The summed E-state index contributed by atoms with van der Waals surface area (Å²) in [6.45, 7) is 1.62. The van der Waals surface area contributed by atoms with Crippen molar-refractivity contribution in [1.29, 1.82) is 0 Å². The molecule has 6 nitrogen and oxygen atoms in total. The number of carbonyl (C=O) groups excluding carboxylic acids is 1. The third-order valence-electron chi connectivity index (χ3n) is 3.11. The van der Waals surface area contributed by atoms with Crippen LogP contribution in [-0.2, 0) is 4.79 Å². The van der Waals surface area contributed by atoms with Crippen molar-refractivity contribution in [3.05, 3.63) is 52.5 Å². The Balaban J connectivity index is 1.95. The van der Waals surface area contributed by atoms with Crippen LogP contribution in [0.4, 0.5) is 0 Å². The number of methoxy groups -OCH3 is 1. The maximum Gasteiger partial charge on any atom is 0.280 e. The highest BCUT2D eigenvalue weighted by Crippen LogP contribution is 2.27. The van der Waals surface area contributed by atoms with Gasteiger partial charge in [-0.2, -0.15) is 5.10 Å². The zero-order chi connectivity index (χ0) is 17.5. The number of halogens is 1. The average molecular weight is 393 g/mol. The van der Waals surface area contributed by atoms with Gasteiger partial charge < -0.3 is 14.6 Å². The standard InChI is InChI=1S/C17H17BrN2O4/c1-11(24-14-7-4-6-13(18)9-14)17(22)20-19-10-12-5-3-8-15(23-2)16(12)21/h3-11,21H,1-2H3,(H,20,22)/b19-10+/t11-/m1/s1. The molecule has 0 heterocycles. The predicted octanol–water partition coefficient (Wildman–Crippen LogP) is 3.08. The van der Waals surface area contributed by atoms with Crippen molar-refractivity contribution in [3.8, 4) is 17.2 Å². The molecule has 2 aromatic rings. The molecular weight excluding hydrogens is 376 g/mol. The fraction of sp³-hybridized carbons (Fsp3) is 0.176. The lowest BCUT2D eigenvalue weighted by atomic mass is 10.2. The summed E-state index contributed by atoms with van der Waals surface area (Å²) in [5.74, 6) is 0.447. The molecular formula is C17H17BrN2O4. The Morgan fingerprint density at radius 2 is 2.08 bits per heavy atom. The summed E-state index contributed by atoms with van der Waals surface area (Å²) >= 11 is 3.34. The number of ether oxygens (including phenoxy) is 2. The molecule has 7 heteroatoms. The molecule has 2 rings (SSSR count). The Bertz CT molecular complexity index is 749. The van der Waals surface area contributed by atoms with E-state index in [1.807, 2.05) is 12.1 Å². The SMILES string of the molecule is COc1cccc(/C=N/NC(=O)[C@@H](C)Oc2cccc(Br)c2)c1O. The highest BCUT2D eigenvalue weighted by Gasteiger charge is 2.14. The van der Waals surface area contributed by atoms with Gasteiger partial charge in [-0.25, -0.2) is 5.43 Å². The van der Waals surface area contributed by atoms with Gasteiger partial charge >= 0.3 is 0 Å². The van der Waals surface area contributed by atoms with Crippen LogP contribution < -0.4 is 14.9 Å². The molecule has 2 N–H and O–H groups in total. The monoisotopic (exact) mass is 392 g/mol. The number of rotatable bonds is 6. The van der Waals surface area contributed by atoms with Gasteiger partial charge in [-0.3, -0.25) is 4.79 Å². The Morgan fingerprint density at radius 3 is 2.79 bits per heavy atom. The lowest BCUT2D eigenvalue weighted by molar-refractivity contribution is -0.127. The van der Waals surface area contributed by atoms with Crippen molar-refractivity contribution < 1.29 is 19.4 Å². The third-order valence-corrected chi connectivity index (χ3v) is 3.60. The molecule has 0 fully saturated rings. The van der Waals surface area contributed by atoms with Crippen LogP contribution in [0.5, 0.6) is 17.2 Å². The molecule has 0 aliphatic rings. The van der Waals surface area contributed by atoms with E-state index in [2.05, 4.69) is 26.5 Å². The van der Waals surface area contributed by atoms with Crippen LogP contribution >= 0.6 is 15.9 Å². The fourth-order valence-corrected chi connectivity index (χ4v) is 2.24. The number of carbonyl (C=O) groups is 1. The molecule has 126 valence electrons. The number of nitrogens with zero attached hydrogens (tertiary/aromatic N) is 1. The second-order valence-electron chi connectivity index (χ2n) is 4.85. The Hall–Kier alpha value is -2.54. The number of hydrogen-bond acceptors (Lipinski definition) is 5. The summed E-state index contributed by atoms with van der Waals surface area (Å²) in [5.41, 5.74) is 2.80. The van der Waals surface area contributed by atoms with Gasteiger partial charge in [0.15, 0.2) is 17.6 Å². The lowest BCUT2D eigenvalue weighted by Crippen LogP contribution is -2.33. The third kappa shape index (κ3) is 4.73. The van der Waals surface area contributed by atoms with Gasteiger partial charge in [-0.15, -0.1) is 0 Å². The van der Waals surface area contributed by atoms with Crippen LogP contribution in [0.1, 0.15) is 12.5 Å². The van der Waals surface area contributed by atoms with Gasteiger partial charge in [0, 0.05) is 10.0 Å². The largest absolute Gasteiger partial charge is 0.504 e. The van der Waals surface area contributed by atoms with Gasteiger partial charge in [0.05, 0.1) is 13.3 Å². The molecule has 24 heavy (non-hydrogen) atoms. The first kappa shape index (κ1) is 17.8. The lowest BCUT2D eigenvalue weighted by Gasteiger charge is -2.13. The smallest absolute Gasteiger partial charge is 0.280 e. The van der Waals surface area contributed by atoms with Gasteiger partial charge in [0.1, 0.15) is 5.75 Å². The summed E-state index contributed by atoms with van der Waals surface area (Å²) < 4.78 is 11.4. The summed E-state index contributed by atoms with van der Waals surface area (Å²) in [4.78, 5) is 12.0. The molecule has 1 amide bonds. The van der Waals surface area contributed by atoms with E-state index in [1.165, 1.54) is 13.3 Å². The number of nitrogens with one attached hydrogen (secondary N) is 1. The molecule has 0 aromatic heterocycles. The number of para-hydroxylation sites is 1. The molecule has 0 spiro atoms. The van der Waals surface area contributed by atoms with E-state index in [-0.39, 0.29) is 5.75 Å². The molecule has 0 unspecified atom stereocenters. The number of benzene rings is 2. The maximum atomic E-state index is 12.0. The van der Waals surface area contributed by atoms with Crippen molar-refractivity contribution in [2.75, 3.05) is 7.11 Å². The van der Waals surface area contributed by atoms with Crippen LogP contribution in [-0.4, -0.2) is 30.4 Å². The molecule has 1 atom stereocenters. The Kier molecular flexibility index (Phi) is 6.20. The van der Waals surface area contributed by atoms with Crippen molar-refractivity contribution in [1.82, 2.24) is 5.43 Å². The first-order chi connectivity index (χ1) is 11.5. The first-order valence-corrected chi connectivity index (χ1v) is 7.91. The summed E-state index contributed by atoms with van der Waals surface area (Å²) in [6, 6.07) is 12.2. The number of hydrazone groups is 1. The predicted molar refractivity (Wildman–Crippen MR) is 94.6 cm³/mol. The Morgan fingerprint density at radius 1 is 1.33 bits per heavy atom. The summed E-state index contributed by atoms with van der Waals surface area (Å²) in [5, 5.41) is 13.8. The number of phenolic OH excluding ortho intramolecular Hbond substituents is 1. The van der Waals surface area contributed by atoms with Crippen LogP contribution in [0.15, 0.2) is 52.0 Å². The molecule has 0 aliphatic heterocycles. The van der Waals surface area contributed by atoms with Crippen LogP contribution in [0.2, 0.25) is 0 Å². The van der Waals surface area contributed by atoms with E-state index >= 15 is 0 Å². The van der Waals surface area contributed by atoms with E-state index in [4.69, 9.17) is 9.47 Å². The van der Waals surface area contributed by atoms with Crippen LogP contribution in [0, 0.1) is 0 Å². The minimum absolute atomic E-state index is 0.0450. The minimum atomic E-state index is -0.727. The molecule has 0 radical (unpaired) electrons. The highest BCUT2D eigenvalue weighted by molar-refractivity contribution is 9.10. The van der Waals surface area contributed by atoms with E-state index in [0.29, 0.717) is 17.1 Å². The summed E-state index contributed by atoms with van der Waals surface area (Å²) in [6.07, 6.45) is 0.608. The number of hydrogen-bond donors (Lipinski definition) is 2. The van der Waals surface area contributed by atoms with E-state index < -0.39 is 12.0 Å². The highest BCUT2D eigenvalue weighted by atomic mass is 79.9. The Labute approximate surface area is 148 Å². The van der Waals surface area contributed by atoms with Crippen molar-refractivity contribution >= 4 is 28.1 Å². The molecule has 0 bridgehead atoms. The minimum Gasteiger partial charge on any atom is -0.504 e. The van der Waals surface area contributed by atoms with E-state index in [1.54, 1.807) is 37.3 Å². The molecule has 0 aliphatic carbocycles. The zero-order valence-electron chi connectivity index (χ0n) is 13.2. The number of amides is 1. The van der Waals surface area contributed by atoms with Crippen molar-refractivity contribution in [2.24, 2.45) is 5.10 Å². The average Bonchev–Trinajstić information content (AvgIpc) is 2.56. The normalized spacial score (nSPS) is 12.0. The zero-order valence-corrected chi connectivity index (χ0v) is 14.8. The van der Waals surface area contributed by atoms with E-state index in [9.17, 15) is 9.90 Å². The van der Waals surface area contributed by atoms with Gasteiger partial charge in [-0.1, -0.05) is 28.1 Å². The molecule has 0 saturated heterocycles. The molecule has 0 saturated carbocycles. The number of phenols is 1. The van der Waals surface area contributed by atoms with E-state index in [0.717, 1.165) is 4.47 Å². The van der Waals surface area contributed by atoms with Crippen molar-refractivity contribution in [2.45, 2.75) is 13.0 Å². The topological polar surface area (TPSA) is 80.2 Å². The quantitative estimate of drug-likeness (QED) is 0.584. The number of aromatic hydroxyl groups is 1.